The third-order valence-corrected chi connectivity index (χ3v) is 6.41. The van der Waals surface area contributed by atoms with Crippen molar-refractivity contribution in [2.45, 2.75) is 13.3 Å². The summed E-state index contributed by atoms with van der Waals surface area (Å²) < 4.78 is 26.9. The second-order valence-electron chi connectivity index (χ2n) is 7.95. The molecule has 1 aliphatic heterocycles. The SMILES string of the molecule is CCOC(=O)C(=NO)c1cnc(Nc2nc(OCCc3ccc(OC)c(OC)c3)nc(N3CCOCC3)n2)s1. The van der Waals surface area contributed by atoms with Crippen molar-refractivity contribution in [3.05, 3.63) is 34.8 Å². The van der Waals surface area contributed by atoms with Gasteiger partial charge < -0.3 is 33.8 Å². The lowest BCUT2D eigenvalue weighted by Gasteiger charge is -2.26. The first-order valence-corrected chi connectivity index (χ1v) is 12.9. The first kappa shape index (κ1) is 27.8. The van der Waals surface area contributed by atoms with Crippen molar-refractivity contribution < 1.29 is 33.7 Å². The Bertz CT molecular complexity index is 1300. The van der Waals surface area contributed by atoms with E-state index in [9.17, 15) is 10.0 Å². The Kier molecular flexibility index (Phi) is 9.64. The molecule has 0 radical (unpaired) electrons. The zero-order valence-corrected chi connectivity index (χ0v) is 22.6. The number of methoxy groups -OCH3 is 2. The Morgan fingerprint density at radius 1 is 1.18 bits per heavy atom. The Morgan fingerprint density at radius 2 is 1.97 bits per heavy atom. The number of thiazole rings is 1. The van der Waals surface area contributed by atoms with Crippen molar-refractivity contribution in [2.24, 2.45) is 5.16 Å². The molecule has 4 rings (SSSR count). The van der Waals surface area contributed by atoms with Gasteiger partial charge in [-0.2, -0.15) is 15.0 Å². The van der Waals surface area contributed by atoms with E-state index >= 15 is 0 Å². The standard InChI is InChI=1S/C24H29N7O7S/c1-4-37-20(32)19(30-33)18-14-25-24(39-18)28-21-26-22(31-8-11-36-12-9-31)29-23(27-21)38-10-7-15-5-6-16(34-2)17(13-15)35-3/h5-6,13-14,33H,4,7-12H2,1-3H3,(H,25,26,27,28,29). The first-order chi connectivity index (χ1) is 19.0. The lowest BCUT2D eigenvalue weighted by Crippen LogP contribution is -2.37. The minimum absolute atomic E-state index is 0.135. The van der Waals surface area contributed by atoms with Gasteiger partial charge in [-0.15, -0.1) is 0 Å². The molecule has 0 saturated carbocycles. The van der Waals surface area contributed by atoms with Crippen LogP contribution in [-0.4, -0.2) is 90.6 Å². The van der Waals surface area contributed by atoms with E-state index in [4.69, 9.17) is 23.7 Å². The van der Waals surface area contributed by atoms with Gasteiger partial charge in [-0.05, 0) is 24.6 Å². The number of aromatic nitrogens is 4. The van der Waals surface area contributed by atoms with Crippen LogP contribution < -0.4 is 24.4 Å². The molecule has 15 heteroatoms. The number of hydrogen-bond donors (Lipinski definition) is 2. The van der Waals surface area contributed by atoms with Crippen molar-refractivity contribution in [1.82, 2.24) is 19.9 Å². The van der Waals surface area contributed by atoms with E-state index in [2.05, 4.69) is 30.4 Å². The lowest BCUT2D eigenvalue weighted by molar-refractivity contribution is -0.135. The number of ether oxygens (including phenoxy) is 5. The summed E-state index contributed by atoms with van der Waals surface area (Å²) in [5.41, 5.74) is 0.748. The number of anilines is 3. The highest BCUT2D eigenvalue weighted by Crippen LogP contribution is 2.28. The predicted molar refractivity (Wildman–Crippen MR) is 142 cm³/mol. The number of nitrogens with one attached hydrogen (secondary N) is 1. The molecule has 3 heterocycles. The van der Waals surface area contributed by atoms with Gasteiger partial charge in [-0.25, -0.2) is 9.78 Å². The maximum Gasteiger partial charge on any atom is 0.361 e. The minimum atomic E-state index is -0.755. The summed E-state index contributed by atoms with van der Waals surface area (Å²) in [5.74, 6) is 1.16. The topological polar surface area (TPSA) is 163 Å². The molecular formula is C24H29N7O7S. The maximum atomic E-state index is 12.0. The molecular weight excluding hydrogens is 530 g/mol. The van der Waals surface area contributed by atoms with Crippen LogP contribution in [0.5, 0.6) is 17.5 Å². The molecule has 3 aromatic rings. The molecule has 2 N–H and O–H groups in total. The van der Waals surface area contributed by atoms with Crippen molar-refractivity contribution >= 4 is 40.0 Å². The Morgan fingerprint density at radius 3 is 2.69 bits per heavy atom. The minimum Gasteiger partial charge on any atom is -0.493 e. The lowest BCUT2D eigenvalue weighted by atomic mass is 10.1. The number of oxime groups is 1. The fraction of sp³-hybridized carbons (Fsp3) is 0.417. The second-order valence-corrected chi connectivity index (χ2v) is 8.98. The zero-order chi connectivity index (χ0) is 27.6. The van der Waals surface area contributed by atoms with E-state index in [0.717, 1.165) is 16.9 Å². The van der Waals surface area contributed by atoms with Crippen LogP contribution in [0.1, 0.15) is 17.4 Å². The summed E-state index contributed by atoms with van der Waals surface area (Å²) in [6.45, 7) is 4.45. The number of nitrogens with zero attached hydrogens (tertiary/aromatic N) is 6. The molecule has 0 atom stereocenters. The number of morpholine rings is 1. The van der Waals surface area contributed by atoms with Gasteiger partial charge in [0.1, 0.15) is 0 Å². The zero-order valence-electron chi connectivity index (χ0n) is 21.7. The summed E-state index contributed by atoms with van der Waals surface area (Å²) >= 11 is 1.07. The van der Waals surface area contributed by atoms with Crippen molar-refractivity contribution in [2.75, 3.05) is 64.0 Å². The van der Waals surface area contributed by atoms with Crippen LogP contribution in [0, 0.1) is 0 Å². The molecule has 14 nitrogen and oxygen atoms in total. The molecule has 1 saturated heterocycles. The monoisotopic (exact) mass is 559 g/mol. The second kappa shape index (κ2) is 13.5. The van der Waals surface area contributed by atoms with Gasteiger partial charge in [0.05, 0.1) is 51.7 Å². The molecule has 39 heavy (non-hydrogen) atoms. The summed E-state index contributed by atoms with van der Waals surface area (Å²) in [4.78, 5) is 32.0. The van der Waals surface area contributed by atoms with Crippen molar-refractivity contribution in [1.29, 1.82) is 0 Å². The molecule has 0 aliphatic carbocycles. The van der Waals surface area contributed by atoms with Gasteiger partial charge in [0.15, 0.2) is 16.6 Å². The molecule has 0 unspecified atom stereocenters. The number of hydrogen-bond acceptors (Lipinski definition) is 15. The number of carbonyl (C=O) groups excluding carboxylic acids is 1. The van der Waals surface area contributed by atoms with Crippen molar-refractivity contribution in [3.8, 4) is 17.5 Å². The predicted octanol–water partition coefficient (Wildman–Crippen LogP) is 2.29. The Labute approximate surface area is 228 Å². The fourth-order valence-electron chi connectivity index (χ4n) is 3.59. The van der Waals surface area contributed by atoms with Crippen LogP contribution in [0.2, 0.25) is 0 Å². The molecule has 0 spiro atoms. The highest BCUT2D eigenvalue weighted by Gasteiger charge is 2.21. The van der Waals surface area contributed by atoms with E-state index in [-0.39, 0.29) is 24.3 Å². The quantitative estimate of drug-likeness (QED) is 0.144. The van der Waals surface area contributed by atoms with Crippen LogP contribution in [0.15, 0.2) is 29.6 Å². The summed E-state index contributed by atoms with van der Waals surface area (Å²) in [6.07, 6.45) is 1.97. The van der Waals surface area contributed by atoms with Gasteiger partial charge in [0.25, 0.3) is 0 Å². The molecule has 0 amide bonds. The van der Waals surface area contributed by atoms with E-state index in [0.29, 0.717) is 66.8 Å². The van der Waals surface area contributed by atoms with E-state index in [1.54, 1.807) is 21.1 Å². The molecule has 208 valence electrons. The van der Waals surface area contributed by atoms with E-state index < -0.39 is 5.97 Å². The van der Waals surface area contributed by atoms with Gasteiger partial charge in [-0.1, -0.05) is 22.6 Å². The van der Waals surface area contributed by atoms with Crippen LogP contribution in [0.4, 0.5) is 17.0 Å². The largest absolute Gasteiger partial charge is 0.493 e. The summed E-state index contributed by atoms with van der Waals surface area (Å²) in [7, 11) is 3.18. The van der Waals surface area contributed by atoms with Gasteiger partial charge >= 0.3 is 12.0 Å². The number of rotatable bonds is 12. The van der Waals surface area contributed by atoms with Crippen LogP contribution in [-0.2, 0) is 20.7 Å². The average molecular weight is 560 g/mol. The maximum absolute atomic E-state index is 12.0. The molecule has 1 aromatic carbocycles. The summed E-state index contributed by atoms with van der Waals surface area (Å²) in [6, 6.07) is 5.80. The molecule has 1 aliphatic rings. The molecule has 0 bridgehead atoms. The number of esters is 1. The fourth-order valence-corrected chi connectivity index (χ4v) is 4.38. The third-order valence-electron chi connectivity index (χ3n) is 5.49. The first-order valence-electron chi connectivity index (χ1n) is 12.1. The van der Waals surface area contributed by atoms with Crippen LogP contribution in [0.3, 0.4) is 0 Å². The van der Waals surface area contributed by atoms with Crippen LogP contribution >= 0.6 is 11.3 Å². The Balaban J connectivity index is 1.50. The smallest absolute Gasteiger partial charge is 0.361 e. The van der Waals surface area contributed by atoms with Gasteiger partial charge in [0, 0.05) is 19.5 Å². The van der Waals surface area contributed by atoms with Gasteiger partial charge in [0.2, 0.25) is 17.6 Å². The van der Waals surface area contributed by atoms with E-state index in [1.165, 1.54) is 6.20 Å². The highest BCUT2D eigenvalue weighted by molar-refractivity contribution is 7.18. The number of carbonyl (C=O) groups is 1. The number of benzene rings is 1. The Hall–Kier alpha value is -4.24. The third kappa shape index (κ3) is 7.20. The van der Waals surface area contributed by atoms with Gasteiger partial charge in [-0.3, -0.25) is 5.32 Å². The van der Waals surface area contributed by atoms with E-state index in [1.807, 2.05) is 23.1 Å². The molecule has 2 aromatic heterocycles. The highest BCUT2D eigenvalue weighted by atomic mass is 32.1. The van der Waals surface area contributed by atoms with Crippen LogP contribution in [0.25, 0.3) is 0 Å². The normalized spacial score (nSPS) is 13.6. The average Bonchev–Trinajstić information content (AvgIpc) is 3.41. The summed E-state index contributed by atoms with van der Waals surface area (Å²) in [5, 5.41) is 15.7. The van der Waals surface area contributed by atoms with Crippen molar-refractivity contribution in [3.63, 3.8) is 0 Å². The molecule has 1 fully saturated rings.